The number of carbonyl (C=O) groups is 3. The molecule has 0 fully saturated rings. The number of fused-ring (bicyclic) bond motifs is 1. The second kappa shape index (κ2) is 10.2. The van der Waals surface area contributed by atoms with E-state index in [1.54, 1.807) is 19.9 Å². The van der Waals surface area contributed by atoms with Gasteiger partial charge < -0.3 is 14.8 Å². The first kappa shape index (κ1) is 21.8. The second-order valence-electron chi connectivity index (χ2n) is 6.79. The molecule has 158 valence electrons. The Hall–Kier alpha value is -2.93. The van der Waals surface area contributed by atoms with Gasteiger partial charge in [0.25, 0.3) is 0 Å². The molecule has 0 saturated carbocycles. The third-order valence-electron chi connectivity index (χ3n) is 4.78. The van der Waals surface area contributed by atoms with Crippen LogP contribution in [0.1, 0.15) is 59.0 Å². The third kappa shape index (κ3) is 4.97. The van der Waals surface area contributed by atoms with Gasteiger partial charge in [0.2, 0.25) is 5.91 Å². The molecule has 1 unspecified atom stereocenters. The molecule has 30 heavy (non-hydrogen) atoms. The van der Waals surface area contributed by atoms with Gasteiger partial charge in [-0.3, -0.25) is 9.59 Å². The van der Waals surface area contributed by atoms with Crippen LogP contribution in [0.5, 0.6) is 0 Å². The number of ether oxygens (including phenoxy) is 2. The summed E-state index contributed by atoms with van der Waals surface area (Å²) in [6.45, 7) is 3.96. The lowest BCUT2D eigenvalue weighted by molar-refractivity contribution is -0.145. The first-order chi connectivity index (χ1) is 14.5. The van der Waals surface area contributed by atoms with Crippen LogP contribution in [-0.2, 0) is 25.5 Å². The third-order valence-corrected chi connectivity index (χ3v) is 5.96. The van der Waals surface area contributed by atoms with Crippen molar-refractivity contribution >= 4 is 40.3 Å². The van der Waals surface area contributed by atoms with Crippen LogP contribution in [0.2, 0.25) is 0 Å². The molecule has 2 aromatic rings. The van der Waals surface area contributed by atoms with Crippen LogP contribution in [0.15, 0.2) is 36.4 Å². The maximum Gasteiger partial charge on any atom is 0.341 e. The van der Waals surface area contributed by atoms with E-state index in [-0.39, 0.29) is 30.7 Å². The normalized spacial score (nSPS) is 15.5. The zero-order chi connectivity index (χ0) is 21.5. The van der Waals surface area contributed by atoms with Crippen LogP contribution < -0.4 is 5.32 Å². The van der Waals surface area contributed by atoms with Gasteiger partial charge in [-0.15, -0.1) is 11.3 Å². The molecule has 6 nitrogen and oxygen atoms in total. The highest BCUT2D eigenvalue weighted by Gasteiger charge is 2.36. The molecule has 1 heterocycles. The predicted octanol–water partition coefficient (Wildman–Crippen LogP) is 4.56. The van der Waals surface area contributed by atoms with Gasteiger partial charge in [-0.1, -0.05) is 30.3 Å². The maximum absolute atomic E-state index is 12.7. The minimum atomic E-state index is -0.534. The first-order valence-electron chi connectivity index (χ1n) is 10.1. The van der Waals surface area contributed by atoms with Crippen LogP contribution in [0.4, 0.5) is 5.00 Å². The van der Waals surface area contributed by atoms with Crippen LogP contribution in [0.3, 0.4) is 0 Å². The van der Waals surface area contributed by atoms with E-state index in [1.807, 2.05) is 30.3 Å². The molecule has 1 aromatic heterocycles. The fourth-order valence-corrected chi connectivity index (χ4v) is 4.81. The molecule has 1 aliphatic rings. The van der Waals surface area contributed by atoms with Crippen molar-refractivity contribution in [1.29, 1.82) is 0 Å². The molecule has 1 aliphatic carbocycles. The molecule has 1 aromatic carbocycles. The second-order valence-corrected chi connectivity index (χ2v) is 7.90. The first-order valence-corrected chi connectivity index (χ1v) is 10.9. The summed E-state index contributed by atoms with van der Waals surface area (Å²) in [7, 11) is 0. The van der Waals surface area contributed by atoms with E-state index in [1.165, 1.54) is 17.4 Å². The zero-order valence-electron chi connectivity index (χ0n) is 17.1. The van der Waals surface area contributed by atoms with Gasteiger partial charge in [-0.05, 0) is 50.3 Å². The number of rotatable bonds is 7. The average molecular weight is 428 g/mol. The van der Waals surface area contributed by atoms with Gasteiger partial charge in [0.1, 0.15) is 5.00 Å². The summed E-state index contributed by atoms with van der Waals surface area (Å²) in [6, 6.07) is 9.46. The molecule has 0 spiro atoms. The summed E-state index contributed by atoms with van der Waals surface area (Å²) < 4.78 is 10.5. The van der Waals surface area contributed by atoms with Crippen molar-refractivity contribution in [3.63, 3.8) is 0 Å². The number of hydrogen-bond acceptors (Lipinski definition) is 6. The number of amides is 1. The topological polar surface area (TPSA) is 81.7 Å². The van der Waals surface area contributed by atoms with Crippen LogP contribution >= 0.6 is 11.3 Å². The molecule has 7 heteroatoms. The molecule has 0 radical (unpaired) electrons. The lowest BCUT2D eigenvalue weighted by Crippen LogP contribution is -2.23. The fraction of sp³-hybridized carbons (Fsp3) is 0.348. The Morgan fingerprint density at radius 1 is 1.13 bits per heavy atom. The number of hydrogen-bond donors (Lipinski definition) is 1. The smallest absolute Gasteiger partial charge is 0.341 e. The van der Waals surface area contributed by atoms with E-state index in [9.17, 15) is 14.4 Å². The summed E-state index contributed by atoms with van der Waals surface area (Å²) in [4.78, 5) is 38.7. The Bertz CT molecular complexity index is 948. The number of benzene rings is 1. The number of carbonyl (C=O) groups excluding carboxylic acids is 3. The van der Waals surface area contributed by atoms with Crippen molar-refractivity contribution in [3.05, 3.63) is 58.0 Å². The van der Waals surface area contributed by atoms with Crippen LogP contribution in [0.25, 0.3) is 6.08 Å². The number of anilines is 1. The fourth-order valence-electron chi connectivity index (χ4n) is 3.52. The molecular formula is C23H25NO5S. The van der Waals surface area contributed by atoms with Gasteiger partial charge in [0.05, 0.1) is 24.7 Å². The Balaban J connectivity index is 1.92. The molecule has 1 atom stereocenters. The number of nitrogens with one attached hydrogen (secondary N) is 1. The van der Waals surface area contributed by atoms with Crippen molar-refractivity contribution in [2.75, 3.05) is 18.5 Å². The minimum absolute atomic E-state index is 0.203. The van der Waals surface area contributed by atoms with Gasteiger partial charge in [0.15, 0.2) is 0 Å². The molecule has 0 aliphatic heterocycles. The van der Waals surface area contributed by atoms with Gasteiger partial charge in [-0.25, -0.2) is 4.79 Å². The minimum Gasteiger partial charge on any atom is -0.466 e. The Morgan fingerprint density at radius 2 is 1.87 bits per heavy atom. The predicted molar refractivity (Wildman–Crippen MR) is 117 cm³/mol. The Morgan fingerprint density at radius 3 is 2.57 bits per heavy atom. The largest absolute Gasteiger partial charge is 0.466 e. The average Bonchev–Trinajstić information content (AvgIpc) is 3.11. The standard InChI is InChI=1S/C23H25NO5S/c1-3-28-22(26)16-11-8-12-17-19(16)20(23(27)29-4-2)21(30-17)24-18(25)14-13-15-9-6-5-7-10-15/h5-7,9-10,13-14,16H,3-4,8,11-12H2,1-2H3,(H,24,25)/b14-13+. The Kier molecular flexibility index (Phi) is 7.41. The van der Waals surface area contributed by atoms with Gasteiger partial charge >= 0.3 is 11.9 Å². The summed E-state index contributed by atoms with van der Waals surface area (Å²) in [5, 5.41) is 3.22. The monoisotopic (exact) mass is 427 g/mol. The molecular weight excluding hydrogens is 402 g/mol. The Labute approximate surface area is 179 Å². The van der Waals surface area contributed by atoms with Crippen molar-refractivity contribution in [2.45, 2.75) is 39.0 Å². The summed E-state index contributed by atoms with van der Waals surface area (Å²) in [5.74, 6) is -1.75. The van der Waals surface area contributed by atoms with E-state index < -0.39 is 11.9 Å². The molecule has 1 amide bonds. The van der Waals surface area contributed by atoms with E-state index >= 15 is 0 Å². The highest BCUT2D eigenvalue weighted by Crippen LogP contribution is 2.44. The van der Waals surface area contributed by atoms with Crippen LogP contribution in [-0.4, -0.2) is 31.1 Å². The molecule has 0 saturated heterocycles. The van der Waals surface area contributed by atoms with Crippen molar-refractivity contribution in [3.8, 4) is 0 Å². The molecule has 1 N–H and O–H groups in total. The molecule has 3 rings (SSSR count). The van der Waals surface area contributed by atoms with Crippen LogP contribution in [0, 0.1) is 0 Å². The van der Waals surface area contributed by atoms with Gasteiger partial charge in [0, 0.05) is 11.0 Å². The highest BCUT2D eigenvalue weighted by atomic mass is 32.1. The number of esters is 2. The van der Waals surface area contributed by atoms with Crippen molar-refractivity contribution in [1.82, 2.24) is 0 Å². The van der Waals surface area contributed by atoms with E-state index in [4.69, 9.17) is 9.47 Å². The SMILES string of the molecule is CCOC(=O)c1c(NC(=O)/C=C/c2ccccc2)sc2c1C(C(=O)OCC)CCC2. The highest BCUT2D eigenvalue weighted by molar-refractivity contribution is 7.17. The van der Waals surface area contributed by atoms with Crippen molar-refractivity contribution in [2.24, 2.45) is 0 Å². The summed E-state index contributed by atoms with van der Waals surface area (Å²) in [6.07, 6.45) is 5.30. The summed E-state index contributed by atoms with van der Waals surface area (Å²) >= 11 is 1.33. The van der Waals surface area contributed by atoms with E-state index in [0.29, 0.717) is 17.0 Å². The maximum atomic E-state index is 12.7. The van der Waals surface area contributed by atoms with Gasteiger partial charge in [-0.2, -0.15) is 0 Å². The number of thiophene rings is 1. The van der Waals surface area contributed by atoms with E-state index in [2.05, 4.69) is 5.32 Å². The summed E-state index contributed by atoms with van der Waals surface area (Å²) in [5.41, 5.74) is 1.81. The number of aryl methyl sites for hydroxylation is 1. The van der Waals surface area contributed by atoms with E-state index in [0.717, 1.165) is 23.3 Å². The van der Waals surface area contributed by atoms with Crippen molar-refractivity contribution < 1.29 is 23.9 Å². The lowest BCUT2D eigenvalue weighted by Gasteiger charge is -2.22. The zero-order valence-corrected chi connectivity index (χ0v) is 17.9. The molecule has 0 bridgehead atoms. The quantitative estimate of drug-likeness (QED) is 0.517. The lowest BCUT2D eigenvalue weighted by atomic mass is 9.85.